The Labute approximate surface area is 119 Å². The average Bonchev–Trinajstić information content (AvgIpc) is 2.41. The summed E-state index contributed by atoms with van der Waals surface area (Å²) in [7, 11) is 0. The van der Waals surface area contributed by atoms with E-state index in [4.69, 9.17) is 5.11 Å². The van der Waals surface area contributed by atoms with Gasteiger partial charge in [0.05, 0.1) is 0 Å². The second-order valence-electron chi connectivity index (χ2n) is 4.36. The van der Waals surface area contributed by atoms with Crippen molar-refractivity contribution in [3.8, 4) is 0 Å². The van der Waals surface area contributed by atoms with Gasteiger partial charge in [0, 0.05) is 0 Å². The summed E-state index contributed by atoms with van der Waals surface area (Å²) < 4.78 is 35.8. The number of benzene rings is 1. The van der Waals surface area contributed by atoms with Gasteiger partial charge in [0.1, 0.15) is 12.6 Å². The summed E-state index contributed by atoms with van der Waals surface area (Å²) in [5.74, 6) is -1.30. The molecule has 0 fully saturated rings. The van der Waals surface area contributed by atoms with Gasteiger partial charge in [-0.15, -0.1) is 0 Å². The van der Waals surface area contributed by atoms with Crippen molar-refractivity contribution < 1.29 is 27.9 Å². The van der Waals surface area contributed by atoms with Gasteiger partial charge in [0.15, 0.2) is 0 Å². The summed E-state index contributed by atoms with van der Waals surface area (Å²) in [6, 6.07) is 6.56. The van der Waals surface area contributed by atoms with Crippen molar-refractivity contribution >= 4 is 12.0 Å². The second-order valence-corrected chi connectivity index (χ2v) is 4.36. The van der Waals surface area contributed by atoms with Gasteiger partial charge in [-0.25, -0.2) is 9.59 Å². The molecule has 1 unspecified atom stereocenters. The number of aliphatic carboxylic acids is 1. The van der Waals surface area contributed by atoms with Gasteiger partial charge in [0.25, 0.3) is 0 Å². The largest absolute Gasteiger partial charge is 0.480 e. The molecule has 0 aliphatic rings. The quantitative estimate of drug-likeness (QED) is 0.751. The van der Waals surface area contributed by atoms with Crippen LogP contribution in [0.15, 0.2) is 30.3 Å². The van der Waals surface area contributed by atoms with Crippen LogP contribution >= 0.6 is 0 Å². The maximum absolute atomic E-state index is 11.9. The molecule has 0 aliphatic heterocycles. The molecular weight excluding hydrogens is 289 g/mol. The minimum atomic E-state index is -4.54. The van der Waals surface area contributed by atoms with Gasteiger partial charge in [-0.1, -0.05) is 30.3 Å². The predicted molar refractivity (Wildman–Crippen MR) is 68.8 cm³/mol. The maximum atomic E-state index is 11.9. The highest BCUT2D eigenvalue weighted by atomic mass is 19.4. The summed E-state index contributed by atoms with van der Waals surface area (Å²) in [6.45, 7) is -1.51. The number of alkyl halides is 3. The van der Waals surface area contributed by atoms with Gasteiger partial charge in [-0.2, -0.15) is 13.2 Å². The van der Waals surface area contributed by atoms with Crippen LogP contribution in [0.25, 0.3) is 0 Å². The molecule has 1 atom stereocenters. The smallest absolute Gasteiger partial charge is 0.405 e. The van der Waals surface area contributed by atoms with E-state index in [0.29, 0.717) is 6.42 Å². The van der Waals surface area contributed by atoms with Crippen LogP contribution in [0.3, 0.4) is 0 Å². The minimum Gasteiger partial charge on any atom is -0.480 e. The number of nitrogens with one attached hydrogen (secondary N) is 2. The highest BCUT2D eigenvalue weighted by Crippen LogP contribution is 2.12. The third-order valence-electron chi connectivity index (χ3n) is 2.62. The van der Waals surface area contributed by atoms with E-state index in [1.54, 1.807) is 35.6 Å². The molecule has 0 aromatic heterocycles. The molecule has 1 aromatic carbocycles. The molecule has 0 bridgehead atoms. The van der Waals surface area contributed by atoms with Crippen molar-refractivity contribution in [2.24, 2.45) is 0 Å². The number of carbonyl (C=O) groups is 2. The Morgan fingerprint density at radius 1 is 1.19 bits per heavy atom. The lowest BCUT2D eigenvalue weighted by Crippen LogP contribution is -2.48. The molecule has 1 aromatic rings. The van der Waals surface area contributed by atoms with E-state index in [9.17, 15) is 22.8 Å². The fourth-order valence-electron chi connectivity index (χ4n) is 1.60. The second kappa shape index (κ2) is 7.51. The van der Waals surface area contributed by atoms with Crippen LogP contribution in [0.2, 0.25) is 0 Å². The van der Waals surface area contributed by atoms with E-state index in [1.807, 2.05) is 5.32 Å². The highest BCUT2D eigenvalue weighted by molar-refractivity contribution is 5.82. The van der Waals surface area contributed by atoms with Gasteiger partial charge < -0.3 is 15.7 Å². The number of hydrogen-bond donors (Lipinski definition) is 3. The Morgan fingerprint density at radius 2 is 1.81 bits per heavy atom. The van der Waals surface area contributed by atoms with Crippen molar-refractivity contribution in [2.45, 2.75) is 25.1 Å². The molecular formula is C13H15F3N2O3. The summed E-state index contributed by atoms with van der Waals surface area (Å²) >= 11 is 0. The molecule has 2 amide bonds. The SMILES string of the molecule is O=C(NCC(F)(F)F)NC(CCc1ccccc1)C(=O)O. The zero-order chi connectivity index (χ0) is 15.9. The molecule has 0 spiro atoms. The van der Waals surface area contributed by atoms with Crippen LogP contribution in [0.1, 0.15) is 12.0 Å². The van der Waals surface area contributed by atoms with E-state index in [2.05, 4.69) is 0 Å². The number of carbonyl (C=O) groups excluding carboxylic acids is 1. The van der Waals surface area contributed by atoms with Crippen molar-refractivity contribution in [3.05, 3.63) is 35.9 Å². The maximum Gasteiger partial charge on any atom is 0.405 e. The summed E-state index contributed by atoms with van der Waals surface area (Å²) in [4.78, 5) is 22.2. The highest BCUT2D eigenvalue weighted by Gasteiger charge is 2.28. The molecule has 0 aliphatic carbocycles. The average molecular weight is 304 g/mol. The zero-order valence-electron chi connectivity index (χ0n) is 11.0. The number of carboxylic acids is 1. The van der Waals surface area contributed by atoms with Crippen LogP contribution in [0, 0.1) is 0 Å². The normalized spacial score (nSPS) is 12.5. The number of amides is 2. The first kappa shape index (κ1) is 16.8. The minimum absolute atomic E-state index is 0.0821. The molecule has 5 nitrogen and oxygen atoms in total. The Kier molecular flexibility index (Phi) is 6.01. The Morgan fingerprint density at radius 3 is 2.33 bits per heavy atom. The fraction of sp³-hybridized carbons (Fsp3) is 0.385. The number of carboxylic acid groups (broad SMARTS) is 1. The topological polar surface area (TPSA) is 78.4 Å². The molecule has 21 heavy (non-hydrogen) atoms. The van der Waals surface area contributed by atoms with Gasteiger partial charge in [-0.3, -0.25) is 0 Å². The third-order valence-corrected chi connectivity index (χ3v) is 2.62. The van der Waals surface area contributed by atoms with Crippen LogP contribution in [-0.2, 0) is 11.2 Å². The van der Waals surface area contributed by atoms with Crippen molar-refractivity contribution in [3.63, 3.8) is 0 Å². The van der Waals surface area contributed by atoms with E-state index in [0.717, 1.165) is 5.56 Å². The standard InChI is InChI=1S/C13H15F3N2O3/c14-13(15,16)8-17-12(21)18-10(11(19)20)7-6-9-4-2-1-3-5-9/h1-5,10H,6-8H2,(H,19,20)(H2,17,18,21). The monoisotopic (exact) mass is 304 g/mol. The van der Waals surface area contributed by atoms with Crippen LogP contribution in [-0.4, -0.2) is 35.9 Å². The molecule has 0 saturated carbocycles. The van der Waals surface area contributed by atoms with E-state index < -0.39 is 30.8 Å². The van der Waals surface area contributed by atoms with Gasteiger partial charge in [-0.05, 0) is 18.4 Å². The Balaban J connectivity index is 2.46. The number of aryl methyl sites for hydroxylation is 1. The molecule has 1 rings (SSSR count). The zero-order valence-corrected chi connectivity index (χ0v) is 11.0. The lowest BCUT2D eigenvalue weighted by Gasteiger charge is -2.15. The lowest BCUT2D eigenvalue weighted by molar-refractivity contribution is -0.139. The molecule has 8 heteroatoms. The molecule has 0 heterocycles. The first-order valence-electron chi connectivity index (χ1n) is 6.16. The molecule has 0 radical (unpaired) electrons. The van der Waals surface area contributed by atoms with Gasteiger partial charge in [0.2, 0.25) is 0 Å². The summed E-state index contributed by atoms with van der Waals surface area (Å²) in [5.41, 5.74) is 0.876. The first-order chi connectivity index (χ1) is 9.78. The molecule has 0 saturated heterocycles. The van der Waals surface area contributed by atoms with E-state index >= 15 is 0 Å². The number of rotatable bonds is 6. The van der Waals surface area contributed by atoms with E-state index in [1.165, 1.54) is 0 Å². The van der Waals surface area contributed by atoms with Crippen LogP contribution in [0.5, 0.6) is 0 Å². The molecule has 3 N–H and O–H groups in total. The van der Waals surface area contributed by atoms with Crippen LogP contribution < -0.4 is 10.6 Å². The Hall–Kier alpha value is -2.25. The number of hydrogen-bond acceptors (Lipinski definition) is 2. The van der Waals surface area contributed by atoms with Crippen molar-refractivity contribution in [1.82, 2.24) is 10.6 Å². The van der Waals surface area contributed by atoms with Crippen molar-refractivity contribution in [2.75, 3.05) is 6.54 Å². The summed E-state index contributed by atoms with van der Waals surface area (Å²) in [6.07, 6.45) is -4.07. The summed E-state index contributed by atoms with van der Waals surface area (Å²) in [5, 5.41) is 12.5. The third kappa shape index (κ3) is 7.19. The van der Waals surface area contributed by atoms with E-state index in [-0.39, 0.29) is 6.42 Å². The number of urea groups is 1. The van der Waals surface area contributed by atoms with Crippen molar-refractivity contribution in [1.29, 1.82) is 0 Å². The molecule has 116 valence electrons. The Bertz CT molecular complexity index is 477. The number of halogens is 3. The lowest BCUT2D eigenvalue weighted by atomic mass is 10.1. The predicted octanol–water partition coefficient (Wildman–Crippen LogP) is 1.93. The van der Waals surface area contributed by atoms with Gasteiger partial charge >= 0.3 is 18.2 Å². The fourth-order valence-corrected chi connectivity index (χ4v) is 1.60. The van der Waals surface area contributed by atoms with Crippen LogP contribution in [0.4, 0.5) is 18.0 Å². The first-order valence-corrected chi connectivity index (χ1v) is 6.16.